The molecule has 0 unspecified atom stereocenters. The highest BCUT2D eigenvalue weighted by Crippen LogP contribution is 2.26. The van der Waals surface area contributed by atoms with Gasteiger partial charge in [0.15, 0.2) is 0 Å². The Morgan fingerprint density at radius 3 is 1.38 bits per heavy atom. The molecular weight excluding hydrogens is 601 g/mol. The third kappa shape index (κ3) is 7.64. The summed E-state index contributed by atoms with van der Waals surface area (Å²) in [7, 11) is -11.0. The lowest BCUT2D eigenvalue weighted by atomic mass is 10.2. The van der Waals surface area contributed by atoms with Gasteiger partial charge in [-0.25, -0.2) is 16.8 Å². The molecule has 3 aromatic rings. The predicted molar refractivity (Wildman–Crippen MR) is 158 cm³/mol. The van der Waals surface area contributed by atoms with Crippen LogP contribution in [0, 0.1) is 20.8 Å². The van der Waals surface area contributed by atoms with E-state index in [4.69, 9.17) is 4.18 Å². The van der Waals surface area contributed by atoms with Crippen LogP contribution in [0.15, 0.2) is 87.5 Å². The lowest BCUT2D eigenvalue weighted by molar-refractivity contribution is 0.189. The zero-order valence-electron chi connectivity index (χ0n) is 23.7. The normalized spacial score (nSPS) is 20.3. The fourth-order valence-electron chi connectivity index (χ4n) is 4.58. The van der Waals surface area contributed by atoms with Gasteiger partial charge in [0, 0.05) is 26.2 Å². The standard InChI is InChI=1S/C18H21NO5S2.C11H15NO3S/c1-14-3-7-17(8-4-14)25(20,21)19-12-11-16(13-19)24-26(22,23)18-9-5-15(2)6-10-18;1-9-2-4-11(5-3-9)16(14,15)12-7-6-10(13)8-12/h3-10,16H,11-13H2,1-2H3;2-5,10,13H,6-8H2,1H3/t16-;10-/m01/s1. The van der Waals surface area contributed by atoms with Gasteiger partial charge in [-0.1, -0.05) is 53.1 Å². The maximum Gasteiger partial charge on any atom is 0.297 e. The van der Waals surface area contributed by atoms with Gasteiger partial charge in [-0.3, -0.25) is 4.18 Å². The van der Waals surface area contributed by atoms with Gasteiger partial charge in [0.25, 0.3) is 10.1 Å². The average molecular weight is 637 g/mol. The third-order valence-electron chi connectivity index (χ3n) is 7.12. The number of aryl methyl sites for hydroxylation is 3. The van der Waals surface area contributed by atoms with Crippen molar-refractivity contribution < 1.29 is 34.5 Å². The fraction of sp³-hybridized carbons (Fsp3) is 0.379. The SMILES string of the molecule is Cc1ccc(S(=O)(=O)N2CC[C@@H](O)C2)cc1.Cc1ccc(S(=O)(=O)O[C@H]2CCN(S(=O)(=O)c3ccc(C)cc3)C2)cc1. The van der Waals surface area contributed by atoms with Gasteiger partial charge in [-0.15, -0.1) is 0 Å². The first-order valence-electron chi connectivity index (χ1n) is 13.5. The lowest BCUT2D eigenvalue weighted by Gasteiger charge is -2.17. The van der Waals surface area contributed by atoms with Gasteiger partial charge in [0.05, 0.1) is 26.9 Å². The number of aliphatic hydroxyl groups excluding tert-OH is 1. The molecule has 42 heavy (non-hydrogen) atoms. The highest BCUT2D eigenvalue weighted by molar-refractivity contribution is 7.89. The number of aliphatic hydroxyl groups is 1. The Labute approximate surface area is 248 Å². The molecule has 2 atom stereocenters. The van der Waals surface area contributed by atoms with Crippen LogP contribution in [0.2, 0.25) is 0 Å². The molecule has 0 radical (unpaired) electrons. The van der Waals surface area contributed by atoms with Crippen molar-refractivity contribution in [2.45, 2.75) is 60.5 Å². The second kappa shape index (κ2) is 12.9. The Balaban J connectivity index is 0.000000216. The summed E-state index contributed by atoms with van der Waals surface area (Å²) in [5.41, 5.74) is 2.94. The van der Waals surface area contributed by atoms with Crippen molar-refractivity contribution in [3.05, 3.63) is 89.5 Å². The first-order valence-corrected chi connectivity index (χ1v) is 17.8. The van der Waals surface area contributed by atoms with Crippen LogP contribution < -0.4 is 0 Å². The van der Waals surface area contributed by atoms with Gasteiger partial charge in [-0.2, -0.15) is 17.0 Å². The monoisotopic (exact) mass is 636 g/mol. The largest absolute Gasteiger partial charge is 0.392 e. The zero-order valence-corrected chi connectivity index (χ0v) is 26.2. The van der Waals surface area contributed by atoms with E-state index in [0.717, 1.165) is 16.7 Å². The van der Waals surface area contributed by atoms with Gasteiger partial charge < -0.3 is 5.11 Å². The number of β-amino-alcohol motifs (C(OH)–C–C–N with tert-alkyl or cyclic N) is 1. The van der Waals surface area contributed by atoms with Crippen LogP contribution >= 0.6 is 0 Å². The summed E-state index contributed by atoms with van der Waals surface area (Å²) in [5, 5.41) is 9.35. The minimum absolute atomic E-state index is 0.0152. The molecule has 2 aliphatic heterocycles. The molecule has 2 fully saturated rings. The Morgan fingerprint density at radius 2 is 0.976 bits per heavy atom. The van der Waals surface area contributed by atoms with Gasteiger partial charge in [0.1, 0.15) is 0 Å². The molecule has 5 rings (SSSR count). The van der Waals surface area contributed by atoms with E-state index >= 15 is 0 Å². The summed E-state index contributed by atoms with van der Waals surface area (Å²) in [6, 6.07) is 19.7. The number of rotatable bonds is 7. The van der Waals surface area contributed by atoms with Crippen LogP contribution in [0.3, 0.4) is 0 Å². The smallest absolute Gasteiger partial charge is 0.297 e. The maximum atomic E-state index is 12.7. The van der Waals surface area contributed by atoms with Crippen LogP contribution in [-0.2, 0) is 34.3 Å². The molecule has 228 valence electrons. The Bertz CT molecular complexity index is 1690. The molecular formula is C29H36N2O8S3. The molecule has 0 spiro atoms. The van der Waals surface area contributed by atoms with Crippen molar-refractivity contribution in [1.82, 2.24) is 8.61 Å². The fourth-order valence-corrected chi connectivity index (χ4v) is 8.66. The van der Waals surface area contributed by atoms with Crippen LogP contribution in [0.5, 0.6) is 0 Å². The maximum absolute atomic E-state index is 12.7. The van der Waals surface area contributed by atoms with Crippen LogP contribution in [-0.4, -0.2) is 77.4 Å². The van der Waals surface area contributed by atoms with E-state index in [-0.39, 0.29) is 29.4 Å². The molecule has 2 saturated heterocycles. The molecule has 1 N–H and O–H groups in total. The number of nitrogens with zero attached hydrogens (tertiary/aromatic N) is 2. The molecule has 2 heterocycles. The third-order valence-corrected chi connectivity index (χ3v) is 12.3. The number of hydrogen-bond donors (Lipinski definition) is 1. The molecule has 0 aromatic heterocycles. The predicted octanol–water partition coefficient (Wildman–Crippen LogP) is 3.22. The van der Waals surface area contributed by atoms with Crippen molar-refractivity contribution in [1.29, 1.82) is 0 Å². The summed E-state index contributed by atoms with van der Waals surface area (Å²) < 4.78 is 82.2. The van der Waals surface area contributed by atoms with Crippen molar-refractivity contribution in [2.75, 3.05) is 26.2 Å². The minimum Gasteiger partial charge on any atom is -0.392 e. The minimum atomic E-state index is -3.92. The second-order valence-corrected chi connectivity index (χ2v) is 16.0. The molecule has 10 nitrogen and oxygen atoms in total. The van der Waals surface area contributed by atoms with Crippen molar-refractivity contribution in [3.63, 3.8) is 0 Å². The van der Waals surface area contributed by atoms with Crippen molar-refractivity contribution in [3.8, 4) is 0 Å². The molecule has 0 aliphatic carbocycles. The lowest BCUT2D eigenvalue weighted by Crippen LogP contribution is -2.31. The van der Waals surface area contributed by atoms with Crippen LogP contribution in [0.1, 0.15) is 29.5 Å². The second-order valence-electron chi connectivity index (χ2n) is 10.6. The number of sulfonamides is 2. The molecule has 3 aromatic carbocycles. The van der Waals surface area contributed by atoms with Crippen molar-refractivity contribution >= 4 is 30.2 Å². The molecule has 0 amide bonds. The highest BCUT2D eigenvalue weighted by atomic mass is 32.2. The number of benzene rings is 3. The number of hydrogen-bond acceptors (Lipinski definition) is 8. The molecule has 2 aliphatic rings. The Morgan fingerprint density at radius 1 is 0.595 bits per heavy atom. The van der Waals surface area contributed by atoms with E-state index in [1.165, 1.54) is 20.7 Å². The zero-order chi connectivity index (χ0) is 30.7. The molecule has 0 bridgehead atoms. The first kappa shape index (κ1) is 32.3. The summed E-state index contributed by atoms with van der Waals surface area (Å²) >= 11 is 0. The quantitative estimate of drug-likeness (QED) is 0.390. The summed E-state index contributed by atoms with van der Waals surface area (Å²) in [4.78, 5) is 0.570. The van der Waals surface area contributed by atoms with Gasteiger partial charge in [0.2, 0.25) is 20.0 Å². The highest BCUT2D eigenvalue weighted by Gasteiger charge is 2.36. The average Bonchev–Trinajstić information content (AvgIpc) is 3.59. The van der Waals surface area contributed by atoms with Gasteiger partial charge in [-0.05, 0) is 70.0 Å². The van der Waals surface area contributed by atoms with Gasteiger partial charge >= 0.3 is 0 Å². The Hall–Kier alpha value is -2.65. The summed E-state index contributed by atoms with van der Waals surface area (Å²) in [6.07, 6.45) is -0.372. The van der Waals surface area contributed by atoms with E-state index in [1.807, 2.05) is 20.8 Å². The Kier molecular flexibility index (Phi) is 9.93. The van der Waals surface area contributed by atoms with E-state index in [0.29, 0.717) is 24.3 Å². The van der Waals surface area contributed by atoms with E-state index in [2.05, 4.69) is 0 Å². The summed E-state index contributed by atoms with van der Waals surface area (Å²) in [6.45, 7) is 6.50. The molecule has 13 heteroatoms. The first-order chi connectivity index (χ1) is 19.7. The van der Waals surface area contributed by atoms with Crippen LogP contribution in [0.4, 0.5) is 0 Å². The van der Waals surface area contributed by atoms with Crippen molar-refractivity contribution in [2.24, 2.45) is 0 Å². The summed E-state index contributed by atoms with van der Waals surface area (Å²) in [5.74, 6) is 0. The van der Waals surface area contributed by atoms with Crippen LogP contribution in [0.25, 0.3) is 0 Å². The van der Waals surface area contributed by atoms with E-state index in [1.54, 1.807) is 60.7 Å². The van der Waals surface area contributed by atoms with E-state index < -0.39 is 42.4 Å². The molecule has 0 saturated carbocycles. The topological polar surface area (TPSA) is 138 Å². The van der Waals surface area contributed by atoms with E-state index in [9.17, 15) is 30.4 Å².